The van der Waals surface area contributed by atoms with Crippen molar-refractivity contribution >= 4 is 29.2 Å². The maximum Gasteiger partial charge on any atom is 0.328 e. The highest BCUT2D eigenvalue weighted by molar-refractivity contribution is 6.42. The molecule has 1 unspecified atom stereocenters. The number of aliphatic carboxylic acids is 1. The molecule has 1 atom stereocenters. The Morgan fingerprint density at radius 1 is 1.47 bits per heavy atom. The number of carboxylic acid groups (broad SMARTS) is 1. The summed E-state index contributed by atoms with van der Waals surface area (Å²) in [5, 5.41) is 12.5. The second-order valence-corrected chi connectivity index (χ2v) is 4.07. The van der Waals surface area contributed by atoms with Gasteiger partial charge in [-0.3, -0.25) is 0 Å². The van der Waals surface area contributed by atoms with E-state index in [1.54, 1.807) is 25.2 Å². The van der Waals surface area contributed by atoms with Crippen molar-refractivity contribution in [3.63, 3.8) is 0 Å². The van der Waals surface area contributed by atoms with Crippen LogP contribution < -0.4 is 5.32 Å². The summed E-state index contributed by atoms with van der Waals surface area (Å²) in [7, 11) is 1.56. The van der Waals surface area contributed by atoms with Gasteiger partial charge < -0.3 is 10.4 Å². The van der Waals surface area contributed by atoms with Gasteiger partial charge in [0, 0.05) is 5.56 Å². The summed E-state index contributed by atoms with van der Waals surface area (Å²) in [6, 6.07) is 4.92. The van der Waals surface area contributed by atoms with Crippen LogP contribution in [-0.4, -0.2) is 18.1 Å². The average Bonchev–Trinajstić information content (AvgIpc) is 2.20. The molecule has 1 rings (SSSR count). The Balaban J connectivity index is 3.37. The van der Waals surface area contributed by atoms with Crippen LogP contribution in [0.3, 0.4) is 0 Å². The average molecular weight is 248 g/mol. The van der Waals surface area contributed by atoms with E-state index in [2.05, 4.69) is 5.32 Å². The molecular weight excluding hydrogens is 237 g/mol. The van der Waals surface area contributed by atoms with Gasteiger partial charge in [0.25, 0.3) is 0 Å². The summed E-state index contributed by atoms with van der Waals surface area (Å²) in [6.45, 7) is 1.53. The number of carboxylic acids is 1. The minimum absolute atomic E-state index is 0.262. The zero-order valence-corrected chi connectivity index (χ0v) is 9.86. The van der Waals surface area contributed by atoms with Crippen molar-refractivity contribution in [3.05, 3.63) is 33.8 Å². The van der Waals surface area contributed by atoms with Crippen molar-refractivity contribution in [1.82, 2.24) is 5.32 Å². The molecule has 0 aromatic heterocycles. The zero-order valence-electron chi connectivity index (χ0n) is 8.34. The molecule has 5 heteroatoms. The molecule has 0 aliphatic heterocycles. The Morgan fingerprint density at radius 3 is 2.53 bits per heavy atom. The number of rotatable bonds is 3. The van der Waals surface area contributed by atoms with E-state index >= 15 is 0 Å². The fourth-order valence-electron chi connectivity index (χ4n) is 1.25. The van der Waals surface area contributed by atoms with E-state index in [-0.39, 0.29) is 5.02 Å². The fourth-order valence-corrected chi connectivity index (χ4v) is 1.74. The van der Waals surface area contributed by atoms with E-state index in [1.165, 1.54) is 6.92 Å². The van der Waals surface area contributed by atoms with Gasteiger partial charge in [-0.25, -0.2) is 4.79 Å². The minimum atomic E-state index is -1.23. The van der Waals surface area contributed by atoms with Gasteiger partial charge in [-0.15, -0.1) is 0 Å². The van der Waals surface area contributed by atoms with Crippen molar-refractivity contribution in [2.24, 2.45) is 0 Å². The summed E-state index contributed by atoms with van der Waals surface area (Å²) < 4.78 is 0. The smallest absolute Gasteiger partial charge is 0.328 e. The fraction of sp³-hybridized carbons (Fsp3) is 0.300. The molecule has 2 N–H and O–H groups in total. The van der Waals surface area contributed by atoms with Crippen LogP contribution in [0.2, 0.25) is 10.0 Å². The first kappa shape index (κ1) is 12.3. The third kappa shape index (κ3) is 2.09. The molecule has 0 aliphatic carbocycles. The lowest BCUT2D eigenvalue weighted by molar-refractivity contribution is -0.144. The van der Waals surface area contributed by atoms with Gasteiger partial charge in [0.15, 0.2) is 0 Å². The van der Waals surface area contributed by atoms with Crippen molar-refractivity contribution in [1.29, 1.82) is 0 Å². The number of halogens is 2. The molecule has 0 spiro atoms. The van der Waals surface area contributed by atoms with Crippen molar-refractivity contribution < 1.29 is 9.90 Å². The van der Waals surface area contributed by atoms with Crippen LogP contribution in [0.15, 0.2) is 18.2 Å². The van der Waals surface area contributed by atoms with Crippen LogP contribution in [0.4, 0.5) is 0 Å². The Morgan fingerprint density at radius 2 is 2.07 bits per heavy atom. The largest absolute Gasteiger partial charge is 0.480 e. The summed E-state index contributed by atoms with van der Waals surface area (Å²) in [5.41, 5.74) is -0.784. The SMILES string of the molecule is CNC(C)(C(=O)O)c1cccc(Cl)c1Cl. The van der Waals surface area contributed by atoms with Gasteiger partial charge in [-0.05, 0) is 20.0 Å². The lowest BCUT2D eigenvalue weighted by Crippen LogP contribution is -2.44. The molecule has 1 aromatic rings. The number of nitrogens with one attached hydrogen (secondary N) is 1. The Hall–Kier alpha value is -0.770. The first-order valence-corrected chi connectivity index (χ1v) is 5.06. The molecule has 0 radical (unpaired) electrons. The molecule has 3 nitrogen and oxygen atoms in total. The Bertz CT molecular complexity index is 395. The third-order valence-electron chi connectivity index (χ3n) is 2.42. The molecule has 0 heterocycles. The van der Waals surface area contributed by atoms with E-state index in [9.17, 15) is 4.79 Å². The van der Waals surface area contributed by atoms with Gasteiger partial charge in [-0.2, -0.15) is 0 Å². The highest BCUT2D eigenvalue weighted by Crippen LogP contribution is 2.33. The van der Waals surface area contributed by atoms with Gasteiger partial charge >= 0.3 is 5.97 Å². The van der Waals surface area contributed by atoms with Crippen molar-refractivity contribution in [3.8, 4) is 0 Å². The molecule has 15 heavy (non-hydrogen) atoms. The maximum absolute atomic E-state index is 11.2. The first-order valence-electron chi connectivity index (χ1n) is 4.30. The highest BCUT2D eigenvalue weighted by Gasteiger charge is 2.35. The van der Waals surface area contributed by atoms with Crippen LogP contribution in [0.1, 0.15) is 12.5 Å². The number of benzene rings is 1. The van der Waals surface area contributed by atoms with E-state index in [1.807, 2.05) is 0 Å². The normalized spacial score (nSPS) is 14.7. The Kier molecular flexibility index (Phi) is 3.60. The number of hydrogen-bond acceptors (Lipinski definition) is 2. The van der Waals surface area contributed by atoms with Crippen LogP contribution >= 0.6 is 23.2 Å². The van der Waals surface area contributed by atoms with E-state index in [0.717, 1.165) is 0 Å². The van der Waals surface area contributed by atoms with E-state index < -0.39 is 11.5 Å². The van der Waals surface area contributed by atoms with E-state index in [0.29, 0.717) is 10.6 Å². The monoisotopic (exact) mass is 247 g/mol. The standard InChI is InChI=1S/C10H11Cl2NO2/c1-10(13-2,9(14)15)6-4-3-5-7(11)8(6)12/h3-5,13H,1-2H3,(H,14,15). The van der Waals surface area contributed by atoms with Crippen LogP contribution in [0.25, 0.3) is 0 Å². The maximum atomic E-state index is 11.2. The summed E-state index contributed by atoms with van der Waals surface area (Å²) in [6.07, 6.45) is 0. The van der Waals surface area contributed by atoms with Gasteiger partial charge in [-0.1, -0.05) is 35.3 Å². The second kappa shape index (κ2) is 4.39. The lowest BCUT2D eigenvalue weighted by Gasteiger charge is -2.25. The molecule has 0 bridgehead atoms. The predicted molar refractivity (Wildman–Crippen MR) is 60.5 cm³/mol. The molecule has 0 fully saturated rings. The number of carbonyl (C=O) groups is 1. The number of hydrogen-bond donors (Lipinski definition) is 2. The quantitative estimate of drug-likeness (QED) is 0.864. The molecule has 0 amide bonds. The zero-order chi connectivity index (χ0) is 11.6. The minimum Gasteiger partial charge on any atom is -0.480 e. The summed E-state index contributed by atoms with van der Waals surface area (Å²) in [5.74, 6) is -1.01. The highest BCUT2D eigenvalue weighted by atomic mass is 35.5. The molecule has 0 saturated carbocycles. The van der Waals surface area contributed by atoms with Crippen LogP contribution in [0, 0.1) is 0 Å². The number of likely N-dealkylation sites (N-methyl/N-ethyl adjacent to an activating group) is 1. The summed E-state index contributed by atoms with van der Waals surface area (Å²) in [4.78, 5) is 11.2. The third-order valence-corrected chi connectivity index (χ3v) is 3.24. The predicted octanol–water partition coefficient (Wildman–Crippen LogP) is 2.51. The van der Waals surface area contributed by atoms with Crippen molar-refractivity contribution in [2.75, 3.05) is 7.05 Å². The van der Waals surface area contributed by atoms with Gasteiger partial charge in [0.05, 0.1) is 10.0 Å². The molecule has 82 valence electrons. The Labute approximate surface area is 98.0 Å². The van der Waals surface area contributed by atoms with Gasteiger partial charge in [0.2, 0.25) is 0 Å². The van der Waals surface area contributed by atoms with Crippen LogP contribution in [-0.2, 0) is 10.3 Å². The van der Waals surface area contributed by atoms with Crippen molar-refractivity contribution in [2.45, 2.75) is 12.5 Å². The molecule has 0 saturated heterocycles. The molecule has 1 aromatic carbocycles. The molecular formula is C10H11Cl2NO2. The first-order chi connectivity index (χ1) is 6.93. The second-order valence-electron chi connectivity index (χ2n) is 3.28. The van der Waals surface area contributed by atoms with Crippen LogP contribution in [0.5, 0.6) is 0 Å². The van der Waals surface area contributed by atoms with E-state index in [4.69, 9.17) is 28.3 Å². The molecule has 0 aliphatic rings. The van der Waals surface area contributed by atoms with Gasteiger partial charge in [0.1, 0.15) is 5.54 Å². The topological polar surface area (TPSA) is 49.3 Å². The lowest BCUT2D eigenvalue weighted by atomic mass is 9.92. The summed E-state index contributed by atoms with van der Waals surface area (Å²) >= 11 is 11.8.